The fraction of sp³-hybridized carbons (Fsp3) is 0.333. The summed E-state index contributed by atoms with van der Waals surface area (Å²) in [4.78, 5) is 0. The molecule has 0 radical (unpaired) electrons. The van der Waals surface area contributed by atoms with Crippen molar-refractivity contribution in [3.05, 3.63) is 18.2 Å². The van der Waals surface area contributed by atoms with Crippen LogP contribution in [-0.4, -0.2) is 19.9 Å². The number of hydrogen-bond acceptors (Lipinski definition) is 3. The Labute approximate surface area is 86.6 Å². The van der Waals surface area contributed by atoms with Gasteiger partial charge in [-0.3, -0.25) is 0 Å². The van der Waals surface area contributed by atoms with Gasteiger partial charge in [0.15, 0.2) is 0 Å². The Balaban J connectivity index is 3.12. The molecule has 84 valence electrons. The van der Waals surface area contributed by atoms with Crippen LogP contribution in [0.5, 0.6) is 5.75 Å². The zero-order valence-corrected chi connectivity index (χ0v) is 9.30. The summed E-state index contributed by atoms with van der Waals surface area (Å²) in [7, 11) is -2.58. The number of benzene rings is 1. The number of hydrogen-bond donors (Lipinski definition) is 1. The lowest BCUT2D eigenvalue weighted by molar-refractivity contribution is -0.0497. The van der Waals surface area contributed by atoms with Crippen molar-refractivity contribution >= 4 is 18.1 Å². The molecule has 0 heterocycles. The highest BCUT2D eigenvalue weighted by molar-refractivity contribution is 7.70. The molecule has 0 aromatic heterocycles. The van der Waals surface area contributed by atoms with Crippen LogP contribution in [0.1, 0.15) is 0 Å². The number of alkyl halides is 2. The third-order valence-electron chi connectivity index (χ3n) is 1.81. The molecule has 6 heteroatoms. The van der Waals surface area contributed by atoms with Gasteiger partial charge in [0, 0.05) is 11.0 Å². The van der Waals surface area contributed by atoms with E-state index in [4.69, 9.17) is 5.73 Å². The standard InChI is InChI=1S/C9H12F2NO2P/c1-15(2,13)8-5-6(14-9(10)11)3-4-7(8)12/h3-5,9H,12H2,1-2H3. The second-order valence-corrected chi connectivity index (χ2v) is 6.63. The van der Waals surface area contributed by atoms with Crippen LogP contribution in [0.4, 0.5) is 14.5 Å². The Hall–Kier alpha value is -1.09. The van der Waals surface area contributed by atoms with Crippen molar-refractivity contribution in [1.29, 1.82) is 0 Å². The van der Waals surface area contributed by atoms with Crippen LogP contribution >= 0.6 is 7.14 Å². The lowest BCUT2D eigenvalue weighted by Crippen LogP contribution is -2.11. The van der Waals surface area contributed by atoms with Crippen molar-refractivity contribution in [3.63, 3.8) is 0 Å². The van der Waals surface area contributed by atoms with E-state index in [9.17, 15) is 13.3 Å². The summed E-state index contributed by atoms with van der Waals surface area (Å²) in [5, 5.41) is 0.362. The number of nitrogen functional groups attached to an aromatic ring is 1. The summed E-state index contributed by atoms with van der Waals surface area (Å²) in [6.07, 6.45) is 0. The van der Waals surface area contributed by atoms with E-state index in [1.165, 1.54) is 31.5 Å². The minimum atomic E-state index is -2.89. The zero-order valence-electron chi connectivity index (χ0n) is 8.41. The van der Waals surface area contributed by atoms with Crippen LogP contribution in [0.2, 0.25) is 0 Å². The van der Waals surface area contributed by atoms with E-state index in [-0.39, 0.29) is 5.75 Å². The molecule has 0 fully saturated rings. The van der Waals surface area contributed by atoms with E-state index in [0.29, 0.717) is 11.0 Å². The molecule has 1 rings (SSSR count). The summed E-state index contributed by atoms with van der Waals surface area (Å²) in [6, 6.07) is 4.02. The van der Waals surface area contributed by atoms with Gasteiger partial charge in [-0.05, 0) is 31.5 Å². The SMILES string of the molecule is CP(C)(=O)c1cc(OC(F)F)ccc1N. The molecule has 0 saturated carbocycles. The molecule has 0 saturated heterocycles. The summed E-state index contributed by atoms with van der Waals surface area (Å²) < 4.78 is 39.8. The van der Waals surface area contributed by atoms with Gasteiger partial charge in [-0.15, -0.1) is 0 Å². The lowest BCUT2D eigenvalue weighted by atomic mass is 10.3. The first-order valence-corrected chi connectivity index (χ1v) is 6.80. The number of anilines is 1. The highest BCUT2D eigenvalue weighted by Crippen LogP contribution is 2.38. The fourth-order valence-corrected chi connectivity index (χ4v) is 2.30. The smallest absolute Gasteiger partial charge is 0.387 e. The van der Waals surface area contributed by atoms with E-state index < -0.39 is 13.8 Å². The molecule has 0 amide bonds. The Morgan fingerprint density at radius 3 is 2.47 bits per heavy atom. The highest BCUT2D eigenvalue weighted by atomic mass is 31.2. The molecule has 0 atom stereocenters. The third-order valence-corrected chi connectivity index (χ3v) is 3.35. The fourth-order valence-electron chi connectivity index (χ4n) is 1.17. The molecule has 1 aromatic carbocycles. The molecule has 0 aliphatic rings. The summed E-state index contributed by atoms with van der Waals surface area (Å²) in [5.74, 6) is -0.0295. The van der Waals surface area contributed by atoms with Crippen molar-refractivity contribution in [3.8, 4) is 5.75 Å². The monoisotopic (exact) mass is 235 g/mol. The third kappa shape index (κ3) is 3.20. The highest BCUT2D eigenvalue weighted by Gasteiger charge is 2.16. The van der Waals surface area contributed by atoms with Gasteiger partial charge in [0.2, 0.25) is 0 Å². The maximum Gasteiger partial charge on any atom is 0.387 e. The molecule has 0 aliphatic heterocycles. The predicted octanol–water partition coefficient (Wildman–Crippen LogP) is 2.12. The molecule has 15 heavy (non-hydrogen) atoms. The quantitative estimate of drug-likeness (QED) is 0.644. The summed E-state index contributed by atoms with van der Waals surface area (Å²) in [5.41, 5.74) is 5.92. The second-order valence-electron chi connectivity index (χ2n) is 3.45. The van der Waals surface area contributed by atoms with Crippen LogP contribution in [-0.2, 0) is 4.57 Å². The van der Waals surface area contributed by atoms with E-state index in [1.807, 2.05) is 0 Å². The van der Waals surface area contributed by atoms with Gasteiger partial charge >= 0.3 is 6.61 Å². The van der Waals surface area contributed by atoms with Gasteiger partial charge in [0.1, 0.15) is 12.9 Å². The normalized spacial score (nSPS) is 11.8. The lowest BCUT2D eigenvalue weighted by Gasteiger charge is -2.12. The Bertz CT molecular complexity index is 403. The molecule has 0 aliphatic carbocycles. The zero-order chi connectivity index (χ0) is 11.6. The Morgan fingerprint density at radius 1 is 1.40 bits per heavy atom. The van der Waals surface area contributed by atoms with E-state index in [2.05, 4.69) is 4.74 Å². The molecule has 1 aromatic rings. The van der Waals surface area contributed by atoms with Crippen molar-refractivity contribution < 1.29 is 18.1 Å². The van der Waals surface area contributed by atoms with Crippen LogP contribution in [0, 0.1) is 0 Å². The van der Waals surface area contributed by atoms with E-state index >= 15 is 0 Å². The number of rotatable bonds is 3. The summed E-state index contributed by atoms with van der Waals surface area (Å²) >= 11 is 0. The van der Waals surface area contributed by atoms with Gasteiger partial charge in [-0.2, -0.15) is 8.78 Å². The Morgan fingerprint density at radius 2 is 2.00 bits per heavy atom. The molecule has 3 nitrogen and oxygen atoms in total. The van der Waals surface area contributed by atoms with Crippen LogP contribution in [0.15, 0.2) is 18.2 Å². The minimum Gasteiger partial charge on any atom is -0.435 e. The van der Waals surface area contributed by atoms with Gasteiger partial charge in [0.25, 0.3) is 0 Å². The van der Waals surface area contributed by atoms with Gasteiger partial charge in [-0.25, -0.2) is 0 Å². The van der Waals surface area contributed by atoms with Crippen molar-refractivity contribution in [2.45, 2.75) is 6.61 Å². The van der Waals surface area contributed by atoms with Crippen LogP contribution in [0.3, 0.4) is 0 Å². The Kier molecular flexibility index (Phi) is 3.35. The number of nitrogens with two attached hydrogens (primary N) is 1. The van der Waals surface area contributed by atoms with Crippen LogP contribution in [0.25, 0.3) is 0 Å². The first kappa shape index (κ1) is 12.0. The first-order valence-electron chi connectivity index (χ1n) is 4.20. The number of ether oxygens (including phenoxy) is 1. The maximum absolute atomic E-state index is 11.9. The van der Waals surface area contributed by atoms with Gasteiger partial charge < -0.3 is 15.0 Å². The largest absolute Gasteiger partial charge is 0.435 e. The second kappa shape index (κ2) is 4.19. The molecular formula is C9H12F2NO2P. The first-order chi connectivity index (χ1) is 6.80. The average molecular weight is 235 g/mol. The molecule has 0 spiro atoms. The van der Waals surface area contributed by atoms with Gasteiger partial charge in [-0.1, -0.05) is 0 Å². The van der Waals surface area contributed by atoms with Crippen molar-refractivity contribution in [2.75, 3.05) is 19.1 Å². The van der Waals surface area contributed by atoms with Crippen molar-refractivity contribution in [2.24, 2.45) is 0 Å². The van der Waals surface area contributed by atoms with Crippen molar-refractivity contribution in [1.82, 2.24) is 0 Å². The van der Waals surface area contributed by atoms with E-state index in [1.54, 1.807) is 0 Å². The number of halogens is 2. The van der Waals surface area contributed by atoms with E-state index in [0.717, 1.165) is 0 Å². The molecule has 0 bridgehead atoms. The molecular weight excluding hydrogens is 223 g/mol. The average Bonchev–Trinajstić information content (AvgIpc) is 2.05. The van der Waals surface area contributed by atoms with Crippen LogP contribution < -0.4 is 15.8 Å². The topological polar surface area (TPSA) is 52.3 Å². The molecule has 2 N–H and O–H groups in total. The van der Waals surface area contributed by atoms with Gasteiger partial charge in [0.05, 0.1) is 0 Å². The maximum atomic E-state index is 11.9. The molecule has 0 unspecified atom stereocenters. The predicted molar refractivity (Wildman–Crippen MR) is 56.6 cm³/mol. The summed E-state index contributed by atoms with van der Waals surface area (Å²) in [6.45, 7) is 0.143. The minimum absolute atomic E-state index is 0.0295.